The second-order valence-corrected chi connectivity index (χ2v) is 14.0. The lowest BCUT2D eigenvalue weighted by Crippen LogP contribution is -2.41. The fourth-order valence-corrected chi connectivity index (χ4v) is 3.25. The minimum Gasteiger partial charge on any atom is -0.415 e. The number of ether oxygens (including phenoxy) is 2. The van der Waals surface area contributed by atoms with Gasteiger partial charge in [0, 0.05) is 11.8 Å². The van der Waals surface area contributed by atoms with Crippen LogP contribution in [-0.4, -0.2) is 35.9 Å². The molecule has 0 aromatic carbocycles. The predicted octanol–water partition coefficient (Wildman–Crippen LogP) is 4.51. The van der Waals surface area contributed by atoms with E-state index in [2.05, 4.69) is 66.7 Å². The Morgan fingerprint density at radius 3 is 2.21 bits per heavy atom. The van der Waals surface area contributed by atoms with Crippen molar-refractivity contribution in [3.63, 3.8) is 0 Å². The van der Waals surface area contributed by atoms with Gasteiger partial charge in [-0.25, -0.2) is 0 Å². The highest BCUT2D eigenvalue weighted by Gasteiger charge is 2.49. The van der Waals surface area contributed by atoms with Crippen molar-refractivity contribution in [2.75, 3.05) is 6.61 Å². The number of hydrogen-bond acceptors (Lipinski definition) is 4. The monoisotopic (exact) mass is 354 g/mol. The molecule has 1 aromatic heterocycles. The summed E-state index contributed by atoms with van der Waals surface area (Å²) >= 11 is 0. The lowest BCUT2D eigenvalue weighted by molar-refractivity contribution is -0.0896. The molecule has 0 unspecified atom stereocenters. The molecule has 6 heteroatoms. The van der Waals surface area contributed by atoms with Gasteiger partial charge in [0.05, 0.1) is 30.6 Å². The van der Waals surface area contributed by atoms with Crippen molar-refractivity contribution in [3.8, 4) is 0 Å². The van der Waals surface area contributed by atoms with E-state index in [1.165, 1.54) is 0 Å². The maximum atomic E-state index is 6.21. The largest absolute Gasteiger partial charge is 0.415 e. The topological polar surface area (TPSA) is 45.5 Å². The van der Waals surface area contributed by atoms with Crippen molar-refractivity contribution in [2.24, 2.45) is 0 Å². The zero-order valence-corrected chi connectivity index (χ0v) is 17.8. The molecule has 1 aromatic rings. The van der Waals surface area contributed by atoms with Crippen molar-refractivity contribution < 1.29 is 13.9 Å². The molecule has 2 rings (SSSR count). The third-order valence-corrected chi connectivity index (χ3v) is 10.3. The molecule has 138 valence electrons. The third kappa shape index (κ3) is 3.93. The second-order valence-electron chi connectivity index (χ2n) is 9.23. The molecule has 0 amide bonds. The fraction of sp³-hybridized carbons (Fsp3) is 0.833. The number of hydrogen-bond donors (Lipinski definition) is 0. The van der Waals surface area contributed by atoms with Gasteiger partial charge >= 0.3 is 0 Å². The van der Waals surface area contributed by atoms with Gasteiger partial charge in [0.25, 0.3) is 0 Å². The first-order valence-corrected chi connectivity index (χ1v) is 11.7. The molecule has 0 N–H and O–H groups in total. The van der Waals surface area contributed by atoms with Gasteiger partial charge in [-0.1, -0.05) is 20.8 Å². The molecule has 0 atom stereocenters. The molecule has 5 nitrogen and oxygen atoms in total. The maximum Gasteiger partial charge on any atom is 0.192 e. The highest BCUT2D eigenvalue weighted by Crippen LogP contribution is 2.44. The van der Waals surface area contributed by atoms with Gasteiger partial charge in [-0.3, -0.25) is 4.68 Å². The van der Waals surface area contributed by atoms with Crippen LogP contribution in [0.2, 0.25) is 18.1 Å². The molecule has 0 aliphatic carbocycles. The predicted molar refractivity (Wildman–Crippen MR) is 98.4 cm³/mol. The summed E-state index contributed by atoms with van der Waals surface area (Å²) in [4.78, 5) is 0. The molecule has 1 aliphatic heterocycles. The van der Waals surface area contributed by atoms with E-state index in [0.29, 0.717) is 6.61 Å². The van der Waals surface area contributed by atoms with Crippen LogP contribution in [0.1, 0.15) is 60.3 Å². The van der Waals surface area contributed by atoms with Crippen molar-refractivity contribution in [3.05, 3.63) is 18.0 Å². The quantitative estimate of drug-likeness (QED) is 0.730. The van der Waals surface area contributed by atoms with Crippen LogP contribution in [0.25, 0.3) is 0 Å². The lowest BCUT2D eigenvalue weighted by atomic mass is 9.90. The highest BCUT2D eigenvalue weighted by atomic mass is 28.4. The number of nitrogens with zero attached hydrogens (tertiary/aromatic N) is 2. The Labute approximate surface area is 147 Å². The minimum absolute atomic E-state index is 0.227. The Morgan fingerprint density at radius 2 is 1.71 bits per heavy atom. The normalized spacial score (nSPS) is 21.4. The first kappa shape index (κ1) is 19.6. The Balaban J connectivity index is 1.93. The molecular weight excluding hydrogens is 320 g/mol. The van der Waals surface area contributed by atoms with E-state index in [1.54, 1.807) is 0 Å². The number of aromatic nitrogens is 2. The molecular formula is C18H34N2O3Si. The Bertz CT molecular complexity index is 557. The van der Waals surface area contributed by atoms with Crippen LogP contribution in [0.4, 0.5) is 0 Å². The summed E-state index contributed by atoms with van der Waals surface area (Å²) in [5, 5.41) is 4.66. The molecule has 0 saturated carbocycles. The average Bonchev–Trinajstić information content (AvgIpc) is 2.91. The average molecular weight is 355 g/mol. The lowest BCUT2D eigenvalue weighted by Gasteiger charge is -2.36. The van der Waals surface area contributed by atoms with Crippen molar-refractivity contribution in [1.29, 1.82) is 0 Å². The molecule has 1 aliphatic rings. The van der Waals surface area contributed by atoms with Gasteiger partial charge < -0.3 is 13.9 Å². The standard InChI is InChI=1S/C18H34N2O3Si/c1-16(2,3)24(8,9)21-11-10-20-13-14(12-19-20)15-22-17(4,5)18(6,7)23-15/h12-13,15H,10-11H2,1-9H3. The van der Waals surface area contributed by atoms with E-state index in [4.69, 9.17) is 13.9 Å². The molecule has 0 bridgehead atoms. The smallest absolute Gasteiger partial charge is 0.192 e. The first-order valence-electron chi connectivity index (χ1n) is 8.77. The molecule has 2 heterocycles. The minimum atomic E-state index is -1.71. The highest BCUT2D eigenvalue weighted by molar-refractivity contribution is 6.74. The van der Waals surface area contributed by atoms with Gasteiger partial charge in [-0.05, 0) is 45.8 Å². The first-order chi connectivity index (χ1) is 10.8. The van der Waals surface area contributed by atoms with E-state index < -0.39 is 8.32 Å². The van der Waals surface area contributed by atoms with E-state index >= 15 is 0 Å². The van der Waals surface area contributed by atoms with Crippen molar-refractivity contribution >= 4 is 8.32 Å². The summed E-state index contributed by atoms with van der Waals surface area (Å²) in [6, 6.07) is 0. The Morgan fingerprint density at radius 1 is 1.17 bits per heavy atom. The molecule has 24 heavy (non-hydrogen) atoms. The summed E-state index contributed by atoms with van der Waals surface area (Å²) in [6.45, 7) is 21.0. The van der Waals surface area contributed by atoms with Crippen LogP contribution in [0, 0.1) is 0 Å². The van der Waals surface area contributed by atoms with Gasteiger partial charge in [0.2, 0.25) is 0 Å². The molecule has 1 fully saturated rings. The summed E-state index contributed by atoms with van der Waals surface area (Å²) in [6.07, 6.45) is 3.47. The van der Waals surface area contributed by atoms with E-state index in [9.17, 15) is 0 Å². The van der Waals surface area contributed by atoms with E-state index in [1.807, 2.05) is 17.1 Å². The zero-order chi connectivity index (χ0) is 18.4. The van der Waals surface area contributed by atoms with Crippen LogP contribution >= 0.6 is 0 Å². The maximum absolute atomic E-state index is 6.21. The third-order valence-electron chi connectivity index (χ3n) is 5.77. The zero-order valence-electron chi connectivity index (χ0n) is 16.8. The van der Waals surface area contributed by atoms with Gasteiger partial charge in [0.15, 0.2) is 14.6 Å². The van der Waals surface area contributed by atoms with Crippen LogP contribution in [0.3, 0.4) is 0 Å². The Hall–Kier alpha value is -0.693. The van der Waals surface area contributed by atoms with Crippen LogP contribution in [0.15, 0.2) is 12.4 Å². The van der Waals surface area contributed by atoms with Crippen molar-refractivity contribution in [2.45, 2.75) is 90.6 Å². The summed E-state index contributed by atoms with van der Waals surface area (Å²) < 4.78 is 20.3. The van der Waals surface area contributed by atoms with Crippen LogP contribution < -0.4 is 0 Å². The number of rotatable bonds is 5. The molecule has 0 spiro atoms. The van der Waals surface area contributed by atoms with Gasteiger partial charge in [-0.15, -0.1) is 0 Å². The van der Waals surface area contributed by atoms with Gasteiger partial charge in [0.1, 0.15) is 0 Å². The molecule has 1 saturated heterocycles. The summed E-state index contributed by atoms with van der Waals surface area (Å²) in [5.41, 5.74) is 0.303. The Kier molecular flexibility index (Phi) is 5.10. The molecule has 0 radical (unpaired) electrons. The van der Waals surface area contributed by atoms with Crippen LogP contribution in [0.5, 0.6) is 0 Å². The summed E-state index contributed by atoms with van der Waals surface area (Å²) in [5.74, 6) is 0. The summed E-state index contributed by atoms with van der Waals surface area (Å²) in [7, 11) is -1.71. The second kappa shape index (κ2) is 6.23. The fourth-order valence-electron chi connectivity index (χ4n) is 2.21. The van der Waals surface area contributed by atoms with Gasteiger partial charge in [-0.2, -0.15) is 5.10 Å². The van der Waals surface area contributed by atoms with E-state index in [-0.39, 0.29) is 22.5 Å². The van der Waals surface area contributed by atoms with E-state index in [0.717, 1.165) is 12.1 Å². The van der Waals surface area contributed by atoms with Crippen LogP contribution in [-0.2, 0) is 20.4 Å². The van der Waals surface area contributed by atoms with Crippen molar-refractivity contribution in [1.82, 2.24) is 9.78 Å². The SMILES string of the molecule is CC1(C)OC(c2cnn(CCO[Si](C)(C)C(C)(C)C)c2)OC1(C)C.